The summed E-state index contributed by atoms with van der Waals surface area (Å²) in [4.78, 5) is 4.05. The standard InChI is InChI=1S/C15H13NO2/c17-14(8-11-4-3-7-16-9-11)13-10-18-15-6-2-1-5-12(13)15/h1-7,9-10,14,17H,8H2. The number of benzene rings is 1. The van der Waals surface area contributed by atoms with E-state index in [9.17, 15) is 5.11 Å². The van der Waals surface area contributed by atoms with Crippen LogP contribution < -0.4 is 0 Å². The van der Waals surface area contributed by atoms with Gasteiger partial charge in [0.1, 0.15) is 5.58 Å². The van der Waals surface area contributed by atoms with E-state index in [0.29, 0.717) is 6.42 Å². The molecule has 3 heteroatoms. The first-order chi connectivity index (χ1) is 8.84. The van der Waals surface area contributed by atoms with Gasteiger partial charge in [0.15, 0.2) is 0 Å². The summed E-state index contributed by atoms with van der Waals surface area (Å²) in [6.45, 7) is 0. The average molecular weight is 239 g/mol. The number of furan rings is 1. The lowest BCUT2D eigenvalue weighted by Gasteiger charge is -2.08. The van der Waals surface area contributed by atoms with Crippen molar-refractivity contribution in [3.05, 3.63) is 66.2 Å². The number of aromatic nitrogens is 1. The second-order valence-corrected chi connectivity index (χ2v) is 4.27. The molecule has 0 aliphatic carbocycles. The molecule has 0 radical (unpaired) electrons. The first-order valence-electron chi connectivity index (χ1n) is 5.87. The molecule has 0 aliphatic rings. The van der Waals surface area contributed by atoms with Crippen molar-refractivity contribution in [2.75, 3.05) is 0 Å². The van der Waals surface area contributed by atoms with E-state index < -0.39 is 6.10 Å². The lowest BCUT2D eigenvalue weighted by molar-refractivity contribution is 0.178. The smallest absolute Gasteiger partial charge is 0.134 e. The van der Waals surface area contributed by atoms with E-state index >= 15 is 0 Å². The largest absolute Gasteiger partial charge is 0.464 e. The van der Waals surface area contributed by atoms with Gasteiger partial charge in [0.2, 0.25) is 0 Å². The molecule has 0 saturated carbocycles. The molecule has 0 saturated heterocycles. The zero-order valence-corrected chi connectivity index (χ0v) is 9.78. The number of nitrogens with zero attached hydrogens (tertiary/aromatic N) is 1. The molecule has 3 rings (SSSR count). The quantitative estimate of drug-likeness (QED) is 0.763. The van der Waals surface area contributed by atoms with Crippen LogP contribution in [0.15, 0.2) is 59.5 Å². The molecule has 2 aromatic heterocycles. The lowest BCUT2D eigenvalue weighted by Crippen LogP contribution is -2.01. The number of aliphatic hydroxyl groups is 1. The SMILES string of the molecule is OC(Cc1cccnc1)c1coc2ccccc12. The molecule has 0 amide bonds. The average Bonchev–Trinajstić information content (AvgIpc) is 2.84. The fourth-order valence-corrected chi connectivity index (χ4v) is 2.11. The van der Waals surface area contributed by atoms with Gasteiger partial charge in [-0.25, -0.2) is 0 Å². The molecular formula is C15H13NO2. The topological polar surface area (TPSA) is 46.3 Å². The number of para-hydroxylation sites is 1. The van der Waals surface area contributed by atoms with E-state index in [-0.39, 0.29) is 0 Å². The van der Waals surface area contributed by atoms with Crippen molar-refractivity contribution in [3.8, 4) is 0 Å². The number of hydrogen-bond donors (Lipinski definition) is 1. The molecule has 0 aliphatic heterocycles. The summed E-state index contributed by atoms with van der Waals surface area (Å²) in [6.07, 6.45) is 5.09. The maximum Gasteiger partial charge on any atom is 0.134 e. The van der Waals surface area contributed by atoms with Crippen LogP contribution in [0.4, 0.5) is 0 Å². The Morgan fingerprint density at radius 2 is 2.06 bits per heavy atom. The minimum atomic E-state index is -0.571. The maximum atomic E-state index is 10.3. The van der Waals surface area contributed by atoms with Gasteiger partial charge in [0.05, 0.1) is 12.4 Å². The van der Waals surface area contributed by atoms with Crippen molar-refractivity contribution in [1.29, 1.82) is 0 Å². The summed E-state index contributed by atoms with van der Waals surface area (Å²) in [5.41, 5.74) is 2.64. The van der Waals surface area contributed by atoms with Gasteiger partial charge in [0, 0.05) is 29.8 Å². The summed E-state index contributed by atoms with van der Waals surface area (Å²) < 4.78 is 5.43. The van der Waals surface area contributed by atoms with Crippen LogP contribution in [0, 0.1) is 0 Å². The van der Waals surface area contributed by atoms with Crippen molar-refractivity contribution >= 4 is 11.0 Å². The predicted molar refractivity (Wildman–Crippen MR) is 69.1 cm³/mol. The minimum Gasteiger partial charge on any atom is -0.464 e. The number of pyridine rings is 1. The Balaban J connectivity index is 1.90. The summed E-state index contributed by atoms with van der Waals surface area (Å²) in [5, 5.41) is 11.2. The number of hydrogen-bond acceptors (Lipinski definition) is 3. The third-order valence-corrected chi connectivity index (χ3v) is 3.02. The number of fused-ring (bicyclic) bond motifs is 1. The molecule has 0 fully saturated rings. The Hall–Kier alpha value is -2.13. The summed E-state index contributed by atoms with van der Waals surface area (Å²) in [7, 11) is 0. The van der Waals surface area contributed by atoms with E-state index in [1.165, 1.54) is 0 Å². The minimum absolute atomic E-state index is 0.539. The molecule has 1 atom stereocenters. The Bertz CT molecular complexity index is 646. The van der Waals surface area contributed by atoms with Crippen LogP contribution in [0.25, 0.3) is 11.0 Å². The van der Waals surface area contributed by atoms with E-state index in [4.69, 9.17) is 4.42 Å². The van der Waals surface area contributed by atoms with Crippen LogP contribution in [0.2, 0.25) is 0 Å². The van der Waals surface area contributed by atoms with Crippen LogP contribution in [-0.2, 0) is 6.42 Å². The van der Waals surface area contributed by atoms with Crippen LogP contribution in [0.5, 0.6) is 0 Å². The zero-order valence-electron chi connectivity index (χ0n) is 9.78. The van der Waals surface area contributed by atoms with Gasteiger partial charge < -0.3 is 9.52 Å². The Kier molecular flexibility index (Phi) is 2.82. The highest BCUT2D eigenvalue weighted by atomic mass is 16.3. The van der Waals surface area contributed by atoms with E-state index in [0.717, 1.165) is 22.1 Å². The highest BCUT2D eigenvalue weighted by Crippen LogP contribution is 2.28. The van der Waals surface area contributed by atoms with Crippen LogP contribution >= 0.6 is 0 Å². The molecule has 2 heterocycles. The molecule has 1 aromatic carbocycles. The van der Waals surface area contributed by atoms with Crippen LogP contribution in [-0.4, -0.2) is 10.1 Å². The van der Waals surface area contributed by atoms with Gasteiger partial charge in [-0.15, -0.1) is 0 Å². The Morgan fingerprint density at radius 1 is 1.17 bits per heavy atom. The maximum absolute atomic E-state index is 10.3. The molecule has 90 valence electrons. The molecule has 0 bridgehead atoms. The van der Waals surface area contributed by atoms with Crippen LogP contribution in [0.1, 0.15) is 17.2 Å². The summed E-state index contributed by atoms with van der Waals surface area (Å²) in [6, 6.07) is 11.5. The second-order valence-electron chi connectivity index (χ2n) is 4.27. The van der Waals surface area contributed by atoms with Crippen molar-refractivity contribution in [3.63, 3.8) is 0 Å². The number of aliphatic hydroxyl groups excluding tert-OH is 1. The molecule has 3 aromatic rings. The van der Waals surface area contributed by atoms with E-state index in [2.05, 4.69) is 4.98 Å². The highest BCUT2D eigenvalue weighted by molar-refractivity contribution is 5.81. The molecule has 18 heavy (non-hydrogen) atoms. The van der Waals surface area contributed by atoms with Gasteiger partial charge >= 0.3 is 0 Å². The molecule has 1 N–H and O–H groups in total. The first-order valence-corrected chi connectivity index (χ1v) is 5.87. The van der Waals surface area contributed by atoms with Gasteiger partial charge in [-0.2, -0.15) is 0 Å². The third-order valence-electron chi connectivity index (χ3n) is 3.02. The number of rotatable bonds is 3. The lowest BCUT2D eigenvalue weighted by atomic mass is 10.0. The van der Waals surface area contributed by atoms with Gasteiger partial charge in [-0.3, -0.25) is 4.98 Å². The first kappa shape index (κ1) is 11.0. The fraction of sp³-hybridized carbons (Fsp3) is 0.133. The van der Waals surface area contributed by atoms with Crippen molar-refractivity contribution in [2.24, 2.45) is 0 Å². The Labute approximate surface area is 105 Å². The van der Waals surface area contributed by atoms with Crippen molar-refractivity contribution < 1.29 is 9.52 Å². The highest BCUT2D eigenvalue weighted by Gasteiger charge is 2.14. The molecule has 1 unspecified atom stereocenters. The van der Waals surface area contributed by atoms with Gasteiger partial charge in [0.25, 0.3) is 0 Å². The summed E-state index contributed by atoms with van der Waals surface area (Å²) >= 11 is 0. The van der Waals surface area contributed by atoms with E-state index in [1.54, 1.807) is 18.7 Å². The second kappa shape index (κ2) is 4.63. The van der Waals surface area contributed by atoms with E-state index in [1.807, 2.05) is 36.4 Å². The van der Waals surface area contributed by atoms with Crippen LogP contribution in [0.3, 0.4) is 0 Å². The fourth-order valence-electron chi connectivity index (χ4n) is 2.11. The predicted octanol–water partition coefficient (Wildman–Crippen LogP) is 3.10. The monoisotopic (exact) mass is 239 g/mol. The molecule has 3 nitrogen and oxygen atoms in total. The Morgan fingerprint density at radius 3 is 2.89 bits per heavy atom. The summed E-state index contributed by atoms with van der Waals surface area (Å²) in [5.74, 6) is 0. The zero-order chi connectivity index (χ0) is 12.4. The molecule has 0 spiro atoms. The normalized spacial score (nSPS) is 12.7. The third kappa shape index (κ3) is 2.00. The van der Waals surface area contributed by atoms with Gasteiger partial charge in [-0.05, 0) is 17.7 Å². The van der Waals surface area contributed by atoms with Gasteiger partial charge in [-0.1, -0.05) is 24.3 Å². The molecular weight excluding hydrogens is 226 g/mol. The van der Waals surface area contributed by atoms with Crippen molar-refractivity contribution in [2.45, 2.75) is 12.5 Å². The van der Waals surface area contributed by atoms with Crippen molar-refractivity contribution in [1.82, 2.24) is 4.98 Å².